The standard InChI is InChI=1S/C35H39FN8O4/c1-34(2,3)48-33(46)42(6)35(4,5)18-22(19-37)32(45)43-16-10-11-23(43)20-44-31-28(30(38)39-21-40-31)29(41-44)26-15-14-25(17-27(26)36)47-24-12-8-7-9-13-24/h7-9,12-15,17-18,21,23H,10-11,16,20H2,1-6H3,(H2,38,39,40)/t23-/m0/s1. The highest BCUT2D eigenvalue weighted by molar-refractivity contribution is 5.99. The molecular weight excluding hydrogens is 615 g/mol. The summed E-state index contributed by atoms with van der Waals surface area (Å²) in [5, 5.41) is 15.1. The van der Waals surface area contributed by atoms with Crippen molar-refractivity contribution in [2.45, 2.75) is 71.2 Å². The molecule has 12 nitrogen and oxygen atoms in total. The maximum Gasteiger partial charge on any atom is 0.410 e. The van der Waals surface area contributed by atoms with E-state index in [-0.39, 0.29) is 35.2 Å². The van der Waals surface area contributed by atoms with Gasteiger partial charge in [0.1, 0.15) is 52.4 Å². The number of nitriles is 1. The number of likely N-dealkylation sites (tertiary alicyclic amines) is 1. The zero-order chi connectivity index (χ0) is 34.8. The summed E-state index contributed by atoms with van der Waals surface area (Å²) >= 11 is 0. The number of carbonyl (C=O) groups excluding carboxylic acids is 2. The molecule has 0 unspecified atom stereocenters. The summed E-state index contributed by atoms with van der Waals surface area (Å²) in [4.78, 5) is 38.0. The van der Waals surface area contributed by atoms with E-state index in [0.29, 0.717) is 41.9 Å². The van der Waals surface area contributed by atoms with Crippen molar-refractivity contribution >= 4 is 28.9 Å². The number of fused-ring (bicyclic) bond motifs is 1. The summed E-state index contributed by atoms with van der Waals surface area (Å²) in [5.74, 6) is -0.0103. The predicted octanol–water partition coefficient (Wildman–Crippen LogP) is 6.09. The van der Waals surface area contributed by atoms with Gasteiger partial charge in [-0.15, -0.1) is 0 Å². The number of hydrogen-bond donors (Lipinski definition) is 1. The molecule has 2 aromatic heterocycles. The Hall–Kier alpha value is -5.51. The lowest BCUT2D eigenvalue weighted by atomic mass is 9.99. The zero-order valence-corrected chi connectivity index (χ0v) is 27.9. The van der Waals surface area contributed by atoms with Crippen LogP contribution in [0, 0.1) is 17.1 Å². The Morgan fingerprint density at radius 2 is 1.85 bits per heavy atom. The third-order valence-electron chi connectivity index (χ3n) is 8.14. The normalized spacial score (nSPS) is 15.3. The van der Waals surface area contributed by atoms with Crippen molar-refractivity contribution in [3.8, 4) is 28.8 Å². The van der Waals surface area contributed by atoms with E-state index < -0.39 is 29.0 Å². The number of rotatable bonds is 8. The van der Waals surface area contributed by atoms with Gasteiger partial charge in [0.25, 0.3) is 5.91 Å². The first-order valence-electron chi connectivity index (χ1n) is 15.6. The molecule has 1 aliphatic rings. The highest BCUT2D eigenvalue weighted by Crippen LogP contribution is 2.35. The number of amides is 2. The van der Waals surface area contributed by atoms with E-state index in [0.717, 1.165) is 0 Å². The van der Waals surface area contributed by atoms with E-state index in [4.69, 9.17) is 20.3 Å². The Morgan fingerprint density at radius 3 is 2.52 bits per heavy atom. The third kappa shape index (κ3) is 7.22. The zero-order valence-electron chi connectivity index (χ0n) is 27.9. The predicted molar refractivity (Wildman–Crippen MR) is 178 cm³/mol. The van der Waals surface area contributed by atoms with Crippen LogP contribution in [0.4, 0.5) is 15.0 Å². The number of nitrogens with zero attached hydrogens (tertiary/aromatic N) is 7. The van der Waals surface area contributed by atoms with Crippen LogP contribution in [0.15, 0.2) is 66.5 Å². The molecule has 1 aliphatic heterocycles. The number of nitrogens with two attached hydrogens (primary N) is 1. The van der Waals surface area contributed by atoms with Crippen molar-refractivity contribution in [1.82, 2.24) is 29.5 Å². The van der Waals surface area contributed by atoms with Crippen molar-refractivity contribution in [1.29, 1.82) is 5.26 Å². The molecule has 0 saturated carbocycles. The van der Waals surface area contributed by atoms with Crippen molar-refractivity contribution in [3.05, 3.63) is 72.3 Å². The summed E-state index contributed by atoms with van der Waals surface area (Å²) in [5.41, 5.74) is 5.29. The maximum atomic E-state index is 15.6. The molecule has 2 N–H and O–H groups in total. The van der Waals surface area contributed by atoms with Crippen molar-refractivity contribution in [3.63, 3.8) is 0 Å². The van der Waals surface area contributed by atoms with Gasteiger partial charge in [0.05, 0.1) is 23.5 Å². The smallest absolute Gasteiger partial charge is 0.410 e. The number of anilines is 1. The molecule has 0 bridgehead atoms. The van der Waals surface area contributed by atoms with Crippen LogP contribution in [-0.2, 0) is 16.1 Å². The van der Waals surface area contributed by atoms with Gasteiger partial charge in [0.15, 0.2) is 5.65 Å². The Bertz CT molecular complexity index is 1910. The van der Waals surface area contributed by atoms with E-state index in [2.05, 4.69) is 9.97 Å². The average molecular weight is 655 g/mol. The number of nitrogen functional groups attached to an aromatic ring is 1. The van der Waals surface area contributed by atoms with Gasteiger partial charge >= 0.3 is 6.09 Å². The van der Waals surface area contributed by atoms with Crippen molar-refractivity contribution in [2.24, 2.45) is 0 Å². The molecular formula is C35H39FN8O4. The van der Waals surface area contributed by atoms with Gasteiger partial charge in [0, 0.05) is 25.2 Å². The number of benzene rings is 2. The lowest BCUT2D eigenvalue weighted by Gasteiger charge is -2.35. The van der Waals surface area contributed by atoms with Gasteiger partial charge in [-0.1, -0.05) is 18.2 Å². The number of halogens is 1. The van der Waals surface area contributed by atoms with Crippen molar-refractivity contribution < 1.29 is 23.5 Å². The van der Waals surface area contributed by atoms with E-state index in [9.17, 15) is 14.9 Å². The second-order valence-corrected chi connectivity index (χ2v) is 13.2. The van der Waals surface area contributed by atoms with Gasteiger partial charge in [0.2, 0.25) is 0 Å². The molecule has 0 radical (unpaired) electrons. The summed E-state index contributed by atoms with van der Waals surface area (Å²) in [7, 11) is 1.56. The first-order valence-corrected chi connectivity index (χ1v) is 15.6. The van der Waals surface area contributed by atoms with Gasteiger partial charge in [-0.3, -0.25) is 4.79 Å². The van der Waals surface area contributed by atoms with Crippen LogP contribution in [0.1, 0.15) is 47.5 Å². The summed E-state index contributed by atoms with van der Waals surface area (Å²) in [6.07, 6.45) is 3.56. The third-order valence-corrected chi connectivity index (χ3v) is 8.14. The van der Waals surface area contributed by atoms with Crippen LogP contribution in [0.25, 0.3) is 22.3 Å². The minimum atomic E-state index is -1.01. The SMILES string of the molecule is CN(C(=O)OC(C)(C)C)C(C)(C)C=C(C#N)C(=O)N1CCC[C@H]1Cn1nc(-c2ccc(Oc3ccccc3)cc2F)c2c(N)ncnc21. The highest BCUT2D eigenvalue weighted by atomic mass is 19.1. The quantitative estimate of drug-likeness (QED) is 0.176. The van der Waals surface area contributed by atoms with Gasteiger partial charge in [-0.25, -0.2) is 23.8 Å². The molecule has 48 heavy (non-hydrogen) atoms. The number of likely N-dealkylation sites (N-methyl/N-ethyl adjacent to an activating group) is 1. The van der Waals surface area contributed by atoms with E-state index in [1.807, 2.05) is 24.3 Å². The topological polar surface area (TPSA) is 152 Å². The van der Waals surface area contributed by atoms with E-state index in [1.54, 1.807) is 75.5 Å². The van der Waals surface area contributed by atoms with Crippen molar-refractivity contribution in [2.75, 3.05) is 19.3 Å². The maximum absolute atomic E-state index is 15.6. The fourth-order valence-electron chi connectivity index (χ4n) is 5.53. The summed E-state index contributed by atoms with van der Waals surface area (Å²) in [6, 6.07) is 15.2. The molecule has 0 aliphatic carbocycles. The average Bonchev–Trinajstić information content (AvgIpc) is 3.64. The molecule has 13 heteroatoms. The van der Waals surface area contributed by atoms with Gasteiger partial charge in [-0.2, -0.15) is 10.4 Å². The number of hydrogen-bond acceptors (Lipinski definition) is 9. The first kappa shape index (κ1) is 33.8. The molecule has 3 heterocycles. The van der Waals surface area contributed by atoms with Gasteiger partial charge < -0.3 is 25.0 Å². The fraction of sp³-hybridized carbons (Fsp3) is 0.371. The highest BCUT2D eigenvalue weighted by Gasteiger charge is 2.35. The minimum absolute atomic E-state index is 0.0974. The molecule has 2 aromatic carbocycles. The molecule has 250 valence electrons. The van der Waals surface area contributed by atoms with Crippen LogP contribution < -0.4 is 10.5 Å². The first-order chi connectivity index (χ1) is 22.7. The molecule has 1 fully saturated rings. The van der Waals surface area contributed by atoms with Crippen LogP contribution in [0.2, 0.25) is 0 Å². The second-order valence-electron chi connectivity index (χ2n) is 13.2. The molecule has 4 aromatic rings. The minimum Gasteiger partial charge on any atom is -0.457 e. The molecule has 0 spiro atoms. The van der Waals surface area contributed by atoms with Crippen LogP contribution in [-0.4, -0.2) is 72.3 Å². The number of ether oxygens (including phenoxy) is 2. The Morgan fingerprint density at radius 1 is 1.12 bits per heavy atom. The number of carbonyl (C=O) groups is 2. The second kappa shape index (κ2) is 13.3. The summed E-state index contributed by atoms with van der Waals surface area (Å²) < 4.78 is 28.5. The Labute approximate surface area is 278 Å². The van der Waals surface area contributed by atoms with Crippen LogP contribution in [0.3, 0.4) is 0 Å². The number of aromatic nitrogens is 4. The van der Waals surface area contributed by atoms with Crippen LogP contribution >= 0.6 is 0 Å². The van der Waals surface area contributed by atoms with Crippen LogP contribution in [0.5, 0.6) is 11.5 Å². The Kier molecular flexibility index (Phi) is 9.38. The lowest BCUT2D eigenvalue weighted by molar-refractivity contribution is -0.127. The Balaban J connectivity index is 1.41. The summed E-state index contributed by atoms with van der Waals surface area (Å²) in [6.45, 7) is 9.38. The number of para-hydroxylation sites is 1. The van der Waals surface area contributed by atoms with E-state index in [1.165, 1.54) is 23.4 Å². The fourth-order valence-corrected chi connectivity index (χ4v) is 5.53. The largest absolute Gasteiger partial charge is 0.457 e. The monoisotopic (exact) mass is 654 g/mol. The molecule has 2 amide bonds. The lowest BCUT2D eigenvalue weighted by Crippen LogP contribution is -2.47. The molecule has 1 atom stereocenters. The molecule has 1 saturated heterocycles. The molecule has 5 rings (SSSR count). The van der Waals surface area contributed by atoms with E-state index >= 15 is 4.39 Å². The van der Waals surface area contributed by atoms with Gasteiger partial charge in [-0.05, 0) is 77.8 Å².